The van der Waals surface area contributed by atoms with Crippen molar-refractivity contribution in [3.8, 4) is 33.4 Å². The lowest BCUT2D eigenvalue weighted by atomic mass is 9.81. The molecule has 0 aliphatic carbocycles. The topological polar surface area (TPSA) is 6.48 Å². The van der Waals surface area contributed by atoms with Gasteiger partial charge < -0.3 is 9.80 Å². The summed E-state index contributed by atoms with van der Waals surface area (Å²) in [6.07, 6.45) is 0. The summed E-state index contributed by atoms with van der Waals surface area (Å²) in [6, 6.07) is 88.6. The molecule has 0 saturated heterocycles. The molecule has 2 heteroatoms. The molecule has 64 heavy (non-hydrogen) atoms. The number of nitrogens with zero attached hydrogens (tertiary/aromatic N) is 2. The standard InChI is InChI=1S/C62H46N2/c1-43-20-18-24-46(38-43)57-42-56(45-22-8-3-9-23-45)60(47-25-19-21-44(2)39-47)62-55-37-35-53(64(50-30-14-6-15-31-50)51-32-16-7-17-33-51)41-59(55)58-40-52(34-36-54(58)61(57)62)63(48-26-10-4-11-27-48)49-28-12-5-13-29-49/h3-42H,1-2H3. The quantitative estimate of drug-likeness (QED) is 0.134. The summed E-state index contributed by atoms with van der Waals surface area (Å²) in [5.74, 6) is 0. The number of aryl methyl sites for hydroxylation is 2. The largest absolute Gasteiger partial charge is 0.310 e. The van der Waals surface area contributed by atoms with E-state index in [1.54, 1.807) is 0 Å². The van der Waals surface area contributed by atoms with E-state index in [1.165, 1.54) is 76.8 Å². The minimum absolute atomic E-state index is 1.09. The zero-order valence-electron chi connectivity index (χ0n) is 36.0. The Morgan fingerprint density at radius 3 is 1.09 bits per heavy atom. The molecular weight excluding hydrogens is 773 g/mol. The van der Waals surface area contributed by atoms with Gasteiger partial charge in [-0.1, -0.05) is 175 Å². The molecule has 0 aliphatic rings. The maximum atomic E-state index is 2.46. The van der Waals surface area contributed by atoms with Crippen molar-refractivity contribution in [2.75, 3.05) is 9.80 Å². The van der Waals surface area contributed by atoms with Crippen LogP contribution in [0.3, 0.4) is 0 Å². The van der Waals surface area contributed by atoms with Crippen molar-refractivity contribution in [3.05, 3.63) is 254 Å². The van der Waals surface area contributed by atoms with Gasteiger partial charge in [-0.15, -0.1) is 0 Å². The molecule has 0 saturated carbocycles. The summed E-state index contributed by atoms with van der Waals surface area (Å²) in [7, 11) is 0. The van der Waals surface area contributed by atoms with Gasteiger partial charge in [0.25, 0.3) is 0 Å². The van der Waals surface area contributed by atoms with Gasteiger partial charge in [0.2, 0.25) is 0 Å². The van der Waals surface area contributed by atoms with Crippen molar-refractivity contribution in [1.82, 2.24) is 0 Å². The number of para-hydroxylation sites is 4. The van der Waals surface area contributed by atoms with Crippen LogP contribution in [0.5, 0.6) is 0 Å². The van der Waals surface area contributed by atoms with Crippen LogP contribution in [0.25, 0.3) is 65.7 Å². The first kappa shape index (κ1) is 38.7. The number of rotatable bonds is 9. The molecule has 0 atom stereocenters. The van der Waals surface area contributed by atoms with Gasteiger partial charge in [-0.2, -0.15) is 0 Å². The van der Waals surface area contributed by atoms with Crippen molar-refractivity contribution in [3.63, 3.8) is 0 Å². The van der Waals surface area contributed by atoms with Crippen molar-refractivity contribution in [2.24, 2.45) is 0 Å². The van der Waals surface area contributed by atoms with E-state index in [0.717, 1.165) is 34.1 Å². The normalized spacial score (nSPS) is 11.3. The fraction of sp³-hybridized carbons (Fsp3) is 0.0323. The van der Waals surface area contributed by atoms with Crippen LogP contribution in [0.4, 0.5) is 34.1 Å². The van der Waals surface area contributed by atoms with Gasteiger partial charge in [0.1, 0.15) is 0 Å². The van der Waals surface area contributed by atoms with Gasteiger partial charge in [-0.25, -0.2) is 0 Å². The number of fused-ring (bicyclic) bond motifs is 6. The molecule has 0 unspecified atom stereocenters. The zero-order valence-corrected chi connectivity index (χ0v) is 36.0. The molecule has 11 rings (SSSR count). The summed E-state index contributed by atoms with van der Waals surface area (Å²) in [5.41, 5.74) is 16.3. The second-order valence-corrected chi connectivity index (χ2v) is 16.7. The van der Waals surface area contributed by atoms with Crippen LogP contribution in [0.15, 0.2) is 243 Å². The van der Waals surface area contributed by atoms with E-state index in [1.807, 2.05) is 0 Å². The fourth-order valence-electron chi connectivity index (χ4n) is 9.65. The lowest BCUT2D eigenvalue weighted by Crippen LogP contribution is -2.10. The van der Waals surface area contributed by atoms with Crippen LogP contribution in [0.1, 0.15) is 11.1 Å². The number of anilines is 6. The van der Waals surface area contributed by atoms with Crippen molar-refractivity contribution >= 4 is 66.4 Å². The molecule has 0 bridgehead atoms. The van der Waals surface area contributed by atoms with Gasteiger partial charge in [-0.3, -0.25) is 0 Å². The van der Waals surface area contributed by atoms with Gasteiger partial charge >= 0.3 is 0 Å². The Hall–Kier alpha value is -8.20. The Labute approximate surface area is 375 Å². The van der Waals surface area contributed by atoms with Crippen LogP contribution in [0.2, 0.25) is 0 Å². The molecule has 11 aromatic rings. The molecule has 0 radical (unpaired) electrons. The van der Waals surface area contributed by atoms with E-state index in [9.17, 15) is 0 Å². The van der Waals surface area contributed by atoms with E-state index >= 15 is 0 Å². The average Bonchev–Trinajstić information content (AvgIpc) is 3.35. The van der Waals surface area contributed by atoms with Crippen molar-refractivity contribution in [1.29, 1.82) is 0 Å². The number of hydrogen-bond donors (Lipinski definition) is 0. The molecule has 2 nitrogen and oxygen atoms in total. The summed E-state index contributed by atoms with van der Waals surface area (Å²) >= 11 is 0. The highest BCUT2D eigenvalue weighted by molar-refractivity contribution is 6.33. The van der Waals surface area contributed by atoms with E-state index < -0.39 is 0 Å². The summed E-state index contributed by atoms with van der Waals surface area (Å²) in [4.78, 5) is 4.75. The fourth-order valence-corrected chi connectivity index (χ4v) is 9.65. The van der Waals surface area contributed by atoms with Crippen molar-refractivity contribution < 1.29 is 0 Å². The predicted molar refractivity (Wildman–Crippen MR) is 274 cm³/mol. The molecule has 304 valence electrons. The Kier molecular flexibility index (Phi) is 10.0. The van der Waals surface area contributed by atoms with Crippen LogP contribution in [0, 0.1) is 13.8 Å². The highest BCUT2D eigenvalue weighted by Gasteiger charge is 2.24. The van der Waals surface area contributed by atoms with Crippen LogP contribution >= 0.6 is 0 Å². The third-order valence-corrected chi connectivity index (χ3v) is 12.5. The lowest BCUT2D eigenvalue weighted by molar-refractivity contribution is 1.29. The Morgan fingerprint density at radius 2 is 0.641 bits per heavy atom. The van der Waals surface area contributed by atoms with Crippen LogP contribution in [-0.4, -0.2) is 0 Å². The molecule has 0 spiro atoms. The van der Waals surface area contributed by atoms with E-state index in [-0.39, 0.29) is 0 Å². The van der Waals surface area contributed by atoms with Gasteiger partial charge in [0.05, 0.1) is 0 Å². The minimum Gasteiger partial charge on any atom is -0.310 e. The first-order chi connectivity index (χ1) is 31.6. The highest BCUT2D eigenvalue weighted by atomic mass is 15.1. The third-order valence-electron chi connectivity index (χ3n) is 12.5. The monoisotopic (exact) mass is 818 g/mol. The average molecular weight is 819 g/mol. The minimum atomic E-state index is 1.09. The first-order valence-corrected chi connectivity index (χ1v) is 22.1. The highest BCUT2D eigenvalue weighted by Crippen LogP contribution is 2.51. The molecule has 0 N–H and O–H groups in total. The molecule has 0 fully saturated rings. The summed E-state index contributed by atoms with van der Waals surface area (Å²) in [5, 5.41) is 7.29. The second kappa shape index (κ2) is 16.6. The molecule has 0 aliphatic heterocycles. The first-order valence-electron chi connectivity index (χ1n) is 22.1. The molecular formula is C62H46N2. The Balaban J connectivity index is 1.33. The predicted octanol–water partition coefficient (Wildman–Crippen LogP) is 17.7. The maximum Gasteiger partial charge on any atom is 0.0468 e. The van der Waals surface area contributed by atoms with E-state index in [2.05, 4.69) is 266 Å². The Bertz CT molecular complexity index is 3360. The smallest absolute Gasteiger partial charge is 0.0468 e. The molecule has 0 heterocycles. The van der Waals surface area contributed by atoms with Gasteiger partial charge in [0.15, 0.2) is 0 Å². The number of benzene rings is 11. The zero-order chi connectivity index (χ0) is 43.0. The number of hydrogen-bond acceptors (Lipinski definition) is 2. The summed E-state index contributed by atoms with van der Waals surface area (Å²) < 4.78 is 0. The van der Waals surface area contributed by atoms with Crippen molar-refractivity contribution in [2.45, 2.75) is 13.8 Å². The van der Waals surface area contributed by atoms with Gasteiger partial charge in [0, 0.05) is 34.1 Å². The van der Waals surface area contributed by atoms with Crippen LogP contribution < -0.4 is 9.80 Å². The molecule has 11 aromatic carbocycles. The Morgan fingerprint density at radius 1 is 0.250 bits per heavy atom. The maximum absolute atomic E-state index is 2.46. The summed E-state index contributed by atoms with van der Waals surface area (Å²) in [6.45, 7) is 4.39. The lowest BCUT2D eigenvalue weighted by Gasteiger charge is -2.28. The molecule has 0 amide bonds. The SMILES string of the molecule is Cc1cccc(-c2cc(-c3ccccc3)c(-c3cccc(C)c3)c3c4ccc(N(c5ccccc5)c5ccccc5)cc4c4cc(N(c5ccccc5)c5ccccc5)ccc4c23)c1. The second-order valence-electron chi connectivity index (χ2n) is 16.7. The van der Waals surface area contributed by atoms with E-state index in [0.29, 0.717) is 0 Å². The third kappa shape index (κ3) is 7.06. The van der Waals surface area contributed by atoms with Crippen LogP contribution in [-0.2, 0) is 0 Å². The van der Waals surface area contributed by atoms with E-state index in [4.69, 9.17) is 0 Å². The molecule has 0 aromatic heterocycles. The van der Waals surface area contributed by atoms with Gasteiger partial charge in [-0.05, 0) is 158 Å².